The van der Waals surface area contributed by atoms with E-state index in [9.17, 15) is 0 Å². The summed E-state index contributed by atoms with van der Waals surface area (Å²) >= 11 is 0. The van der Waals surface area contributed by atoms with Crippen LogP contribution in [0.15, 0.2) is 0 Å². The third-order valence-electron chi connectivity index (χ3n) is 2.80. The van der Waals surface area contributed by atoms with Gasteiger partial charge in [0.15, 0.2) is 0 Å². The molecule has 52 valence electrons. The molecule has 2 N–H and O–H groups in total. The summed E-state index contributed by atoms with van der Waals surface area (Å²) in [6, 6.07) is 0.551. The standard InChI is InChI=1S/C8H15N/c9-8-4-3-7(5-8)6-1-2-6/h6-8H,1-5,9H2/t7-,8+/m0/s1. The minimum atomic E-state index is 0.551. The molecule has 0 spiro atoms. The van der Waals surface area contributed by atoms with Gasteiger partial charge in [-0.2, -0.15) is 0 Å². The summed E-state index contributed by atoms with van der Waals surface area (Å²) in [5, 5.41) is 0. The highest BCUT2D eigenvalue weighted by molar-refractivity contribution is 4.88. The maximum Gasteiger partial charge on any atom is 0.00416 e. The van der Waals surface area contributed by atoms with E-state index < -0.39 is 0 Å². The van der Waals surface area contributed by atoms with Crippen molar-refractivity contribution in [1.29, 1.82) is 0 Å². The number of nitrogens with two attached hydrogens (primary N) is 1. The van der Waals surface area contributed by atoms with E-state index in [-0.39, 0.29) is 0 Å². The molecular weight excluding hydrogens is 110 g/mol. The monoisotopic (exact) mass is 125 g/mol. The van der Waals surface area contributed by atoms with Crippen molar-refractivity contribution in [2.75, 3.05) is 0 Å². The first kappa shape index (κ1) is 5.72. The molecule has 0 amide bonds. The molecule has 1 heteroatoms. The second kappa shape index (κ2) is 1.98. The van der Waals surface area contributed by atoms with E-state index in [0.717, 1.165) is 11.8 Å². The highest BCUT2D eigenvalue weighted by atomic mass is 14.7. The van der Waals surface area contributed by atoms with Gasteiger partial charge in [-0.05, 0) is 43.9 Å². The Hall–Kier alpha value is -0.0400. The highest BCUT2D eigenvalue weighted by Gasteiger charge is 2.35. The lowest BCUT2D eigenvalue weighted by Crippen LogP contribution is -2.15. The van der Waals surface area contributed by atoms with Gasteiger partial charge in [-0.25, -0.2) is 0 Å². The predicted molar refractivity (Wildman–Crippen MR) is 38.0 cm³/mol. The minimum absolute atomic E-state index is 0.551. The van der Waals surface area contributed by atoms with Crippen molar-refractivity contribution >= 4 is 0 Å². The first-order valence-electron chi connectivity index (χ1n) is 4.12. The first-order chi connectivity index (χ1) is 4.36. The molecule has 0 radical (unpaired) electrons. The topological polar surface area (TPSA) is 26.0 Å². The van der Waals surface area contributed by atoms with Crippen molar-refractivity contribution in [2.45, 2.75) is 38.1 Å². The fourth-order valence-electron chi connectivity index (χ4n) is 2.05. The van der Waals surface area contributed by atoms with Gasteiger partial charge in [0.2, 0.25) is 0 Å². The SMILES string of the molecule is N[C@@H]1CC[C@H](C2CC2)C1. The molecule has 0 aromatic carbocycles. The molecule has 0 bridgehead atoms. The van der Waals surface area contributed by atoms with Gasteiger partial charge in [0.25, 0.3) is 0 Å². The zero-order chi connectivity index (χ0) is 6.27. The summed E-state index contributed by atoms with van der Waals surface area (Å²) in [4.78, 5) is 0. The summed E-state index contributed by atoms with van der Waals surface area (Å²) in [6.07, 6.45) is 7.03. The minimum Gasteiger partial charge on any atom is -0.328 e. The number of hydrogen-bond donors (Lipinski definition) is 1. The molecule has 2 rings (SSSR count). The fourth-order valence-corrected chi connectivity index (χ4v) is 2.05. The van der Waals surface area contributed by atoms with Gasteiger partial charge in [0, 0.05) is 6.04 Å². The van der Waals surface area contributed by atoms with E-state index in [0.29, 0.717) is 6.04 Å². The van der Waals surface area contributed by atoms with E-state index in [4.69, 9.17) is 5.73 Å². The summed E-state index contributed by atoms with van der Waals surface area (Å²) in [7, 11) is 0. The Morgan fingerprint density at radius 1 is 0.889 bits per heavy atom. The van der Waals surface area contributed by atoms with Gasteiger partial charge in [-0.1, -0.05) is 0 Å². The van der Waals surface area contributed by atoms with Crippen molar-refractivity contribution in [2.24, 2.45) is 17.6 Å². The van der Waals surface area contributed by atoms with Crippen molar-refractivity contribution < 1.29 is 0 Å². The summed E-state index contributed by atoms with van der Waals surface area (Å²) < 4.78 is 0. The summed E-state index contributed by atoms with van der Waals surface area (Å²) in [6.45, 7) is 0. The van der Waals surface area contributed by atoms with Crippen LogP contribution < -0.4 is 5.73 Å². The van der Waals surface area contributed by atoms with Crippen molar-refractivity contribution in [3.63, 3.8) is 0 Å². The van der Waals surface area contributed by atoms with Crippen molar-refractivity contribution in [3.8, 4) is 0 Å². The van der Waals surface area contributed by atoms with Crippen LogP contribution in [0, 0.1) is 11.8 Å². The molecular formula is C8H15N. The molecule has 0 heterocycles. The first-order valence-corrected chi connectivity index (χ1v) is 4.12. The second-order valence-corrected chi connectivity index (χ2v) is 3.67. The van der Waals surface area contributed by atoms with Crippen LogP contribution in [0.5, 0.6) is 0 Å². The third kappa shape index (κ3) is 1.11. The molecule has 2 aliphatic carbocycles. The number of hydrogen-bond acceptors (Lipinski definition) is 1. The summed E-state index contributed by atoms with van der Waals surface area (Å²) in [5.74, 6) is 2.12. The van der Waals surface area contributed by atoms with Gasteiger partial charge in [0.05, 0.1) is 0 Å². The quantitative estimate of drug-likeness (QED) is 0.565. The number of rotatable bonds is 1. The van der Waals surface area contributed by atoms with E-state index in [2.05, 4.69) is 0 Å². The smallest absolute Gasteiger partial charge is 0.00416 e. The Balaban J connectivity index is 1.86. The lowest BCUT2D eigenvalue weighted by molar-refractivity contribution is 0.472. The largest absolute Gasteiger partial charge is 0.328 e. The Morgan fingerprint density at radius 2 is 1.56 bits per heavy atom. The Kier molecular flexibility index (Phi) is 1.26. The van der Waals surface area contributed by atoms with Crippen LogP contribution in [0.1, 0.15) is 32.1 Å². The van der Waals surface area contributed by atoms with Gasteiger partial charge < -0.3 is 5.73 Å². The van der Waals surface area contributed by atoms with Gasteiger partial charge in [-0.3, -0.25) is 0 Å². The Morgan fingerprint density at radius 3 is 2.00 bits per heavy atom. The Bertz CT molecular complexity index is 107. The van der Waals surface area contributed by atoms with Gasteiger partial charge in [0.1, 0.15) is 0 Å². The second-order valence-electron chi connectivity index (χ2n) is 3.67. The van der Waals surface area contributed by atoms with Gasteiger partial charge >= 0.3 is 0 Å². The molecule has 0 aromatic rings. The average molecular weight is 125 g/mol. The van der Waals surface area contributed by atoms with Crippen LogP contribution in [0.4, 0.5) is 0 Å². The van der Waals surface area contributed by atoms with Crippen LogP contribution in [-0.4, -0.2) is 6.04 Å². The molecule has 2 fully saturated rings. The zero-order valence-electron chi connectivity index (χ0n) is 5.84. The Labute approximate surface area is 56.6 Å². The lowest BCUT2D eigenvalue weighted by Gasteiger charge is -2.04. The zero-order valence-corrected chi connectivity index (χ0v) is 5.84. The fraction of sp³-hybridized carbons (Fsp3) is 1.00. The molecule has 9 heavy (non-hydrogen) atoms. The van der Waals surface area contributed by atoms with Crippen LogP contribution in [-0.2, 0) is 0 Å². The van der Waals surface area contributed by atoms with Crippen LogP contribution >= 0.6 is 0 Å². The lowest BCUT2D eigenvalue weighted by atomic mass is 10.0. The summed E-state index contributed by atoms with van der Waals surface area (Å²) in [5.41, 5.74) is 5.79. The third-order valence-corrected chi connectivity index (χ3v) is 2.80. The molecule has 0 saturated heterocycles. The van der Waals surface area contributed by atoms with E-state index in [1.54, 1.807) is 0 Å². The molecule has 1 nitrogen and oxygen atoms in total. The van der Waals surface area contributed by atoms with Crippen molar-refractivity contribution in [1.82, 2.24) is 0 Å². The molecule has 0 aromatic heterocycles. The van der Waals surface area contributed by atoms with Crippen molar-refractivity contribution in [3.05, 3.63) is 0 Å². The van der Waals surface area contributed by atoms with Gasteiger partial charge in [-0.15, -0.1) is 0 Å². The van der Waals surface area contributed by atoms with Crippen LogP contribution in [0.3, 0.4) is 0 Å². The maximum atomic E-state index is 5.79. The van der Waals surface area contributed by atoms with E-state index in [1.807, 2.05) is 0 Å². The average Bonchev–Trinajstić information content (AvgIpc) is 2.58. The molecule has 0 aliphatic heterocycles. The van der Waals surface area contributed by atoms with E-state index >= 15 is 0 Å². The normalized spacial score (nSPS) is 43.7. The molecule has 0 unspecified atom stereocenters. The van der Waals surface area contributed by atoms with Crippen LogP contribution in [0.25, 0.3) is 0 Å². The molecule has 2 atom stereocenters. The highest BCUT2D eigenvalue weighted by Crippen LogP contribution is 2.44. The predicted octanol–water partition coefficient (Wildman–Crippen LogP) is 1.52. The van der Waals surface area contributed by atoms with Crippen LogP contribution in [0.2, 0.25) is 0 Å². The molecule has 2 aliphatic rings. The van der Waals surface area contributed by atoms with E-state index in [1.165, 1.54) is 32.1 Å². The molecule has 2 saturated carbocycles. The maximum absolute atomic E-state index is 5.79.